The Balaban J connectivity index is 1.57. The molecule has 2 aromatic carbocycles. The van der Waals surface area contributed by atoms with Crippen molar-refractivity contribution in [3.63, 3.8) is 0 Å². The molecule has 7 heteroatoms. The van der Waals surface area contributed by atoms with E-state index in [0.717, 1.165) is 24.0 Å². The Morgan fingerprint density at radius 2 is 1.82 bits per heavy atom. The SMILES string of the molecule is O=C(C1CC1)N1CC[C@@]2(C1)c1ccccc1S(=O)(=O)N2Cc1ccc(F)cc1. The van der Waals surface area contributed by atoms with E-state index in [1.54, 1.807) is 24.3 Å². The number of amides is 1. The van der Waals surface area contributed by atoms with Gasteiger partial charge in [-0.2, -0.15) is 4.31 Å². The Morgan fingerprint density at radius 1 is 1.11 bits per heavy atom. The van der Waals surface area contributed by atoms with Gasteiger partial charge in [-0.05, 0) is 48.6 Å². The number of carbonyl (C=O) groups is 1. The summed E-state index contributed by atoms with van der Waals surface area (Å²) in [6, 6.07) is 13.0. The summed E-state index contributed by atoms with van der Waals surface area (Å²) in [5, 5.41) is 0. The summed E-state index contributed by atoms with van der Waals surface area (Å²) in [5.41, 5.74) is 0.737. The quantitative estimate of drug-likeness (QED) is 0.796. The van der Waals surface area contributed by atoms with Gasteiger partial charge in [0.1, 0.15) is 5.82 Å². The first-order valence-corrected chi connectivity index (χ1v) is 11.0. The van der Waals surface area contributed by atoms with Crippen LogP contribution in [0.2, 0.25) is 0 Å². The normalized spacial score (nSPS) is 26.0. The average Bonchev–Trinajstić information content (AvgIpc) is 3.42. The number of benzene rings is 2. The number of carbonyl (C=O) groups excluding carboxylic acids is 1. The van der Waals surface area contributed by atoms with Crippen LogP contribution in [0.3, 0.4) is 0 Å². The second-order valence-electron chi connectivity index (χ2n) is 7.95. The fourth-order valence-electron chi connectivity index (χ4n) is 4.54. The van der Waals surface area contributed by atoms with E-state index in [9.17, 15) is 17.6 Å². The van der Waals surface area contributed by atoms with Gasteiger partial charge in [0.25, 0.3) is 0 Å². The van der Waals surface area contributed by atoms with E-state index in [4.69, 9.17) is 0 Å². The minimum Gasteiger partial charge on any atom is -0.340 e. The molecule has 1 saturated heterocycles. The number of nitrogens with zero attached hydrogens (tertiary/aromatic N) is 2. The highest BCUT2D eigenvalue weighted by Crippen LogP contribution is 2.50. The van der Waals surface area contributed by atoms with Gasteiger partial charge < -0.3 is 4.90 Å². The van der Waals surface area contributed by atoms with Crippen LogP contribution in [0.15, 0.2) is 53.4 Å². The lowest BCUT2D eigenvalue weighted by Gasteiger charge is -2.34. The Labute approximate surface area is 163 Å². The minimum absolute atomic E-state index is 0.106. The molecule has 1 spiro atoms. The van der Waals surface area contributed by atoms with Crippen LogP contribution in [0.4, 0.5) is 4.39 Å². The van der Waals surface area contributed by atoms with Crippen molar-refractivity contribution in [3.05, 3.63) is 65.5 Å². The smallest absolute Gasteiger partial charge is 0.244 e. The highest BCUT2D eigenvalue weighted by atomic mass is 32.2. The molecule has 5 nitrogen and oxygen atoms in total. The van der Waals surface area contributed by atoms with Crippen LogP contribution in [-0.4, -0.2) is 36.6 Å². The molecule has 1 aliphatic carbocycles. The lowest BCUT2D eigenvalue weighted by atomic mass is 9.88. The molecule has 0 radical (unpaired) electrons. The van der Waals surface area contributed by atoms with Gasteiger partial charge in [-0.25, -0.2) is 12.8 Å². The van der Waals surface area contributed by atoms with E-state index >= 15 is 0 Å². The van der Waals surface area contributed by atoms with Crippen molar-refractivity contribution in [1.82, 2.24) is 9.21 Å². The van der Waals surface area contributed by atoms with E-state index in [1.807, 2.05) is 17.0 Å². The van der Waals surface area contributed by atoms with E-state index in [0.29, 0.717) is 24.4 Å². The number of hydrogen-bond donors (Lipinski definition) is 0. The number of sulfonamides is 1. The highest BCUT2D eigenvalue weighted by Gasteiger charge is 2.57. The van der Waals surface area contributed by atoms with Crippen LogP contribution in [0.25, 0.3) is 0 Å². The fourth-order valence-corrected chi connectivity index (χ4v) is 6.60. The van der Waals surface area contributed by atoms with Gasteiger partial charge in [0, 0.05) is 25.6 Å². The Hall–Kier alpha value is -2.25. The van der Waals surface area contributed by atoms with Crippen LogP contribution >= 0.6 is 0 Å². The summed E-state index contributed by atoms with van der Waals surface area (Å²) >= 11 is 0. The van der Waals surface area contributed by atoms with Gasteiger partial charge in [-0.1, -0.05) is 30.3 Å². The Morgan fingerprint density at radius 3 is 2.54 bits per heavy atom. The standard InChI is InChI=1S/C21H21FN2O3S/c22-17-9-5-15(6-10-17)13-24-21(11-12-23(14-21)20(25)16-7-8-16)18-3-1-2-4-19(18)28(24,26)27/h1-6,9-10,16H,7-8,11-14H2/t21-/m1/s1. The monoisotopic (exact) mass is 400 g/mol. The summed E-state index contributed by atoms with van der Waals surface area (Å²) in [5.74, 6) is -0.109. The average molecular weight is 400 g/mol. The molecule has 1 atom stereocenters. The van der Waals surface area contributed by atoms with Gasteiger partial charge in [-0.3, -0.25) is 4.79 Å². The van der Waals surface area contributed by atoms with Gasteiger partial charge in [0.2, 0.25) is 15.9 Å². The summed E-state index contributed by atoms with van der Waals surface area (Å²) in [7, 11) is -3.70. The van der Waals surface area contributed by atoms with E-state index in [1.165, 1.54) is 16.4 Å². The molecule has 0 aromatic heterocycles. The maximum atomic E-state index is 13.4. The minimum atomic E-state index is -3.70. The first-order valence-electron chi connectivity index (χ1n) is 9.57. The van der Waals surface area contributed by atoms with Crippen molar-refractivity contribution in [2.45, 2.75) is 36.2 Å². The van der Waals surface area contributed by atoms with Crippen LogP contribution in [0.1, 0.15) is 30.4 Å². The van der Waals surface area contributed by atoms with Gasteiger partial charge in [0.15, 0.2) is 0 Å². The van der Waals surface area contributed by atoms with Crippen LogP contribution in [0, 0.1) is 11.7 Å². The van der Waals surface area contributed by atoms with Crippen molar-refractivity contribution in [2.75, 3.05) is 13.1 Å². The molecule has 0 N–H and O–H groups in total. The molecule has 2 heterocycles. The van der Waals surface area contributed by atoms with Crippen molar-refractivity contribution in [2.24, 2.45) is 5.92 Å². The second kappa shape index (κ2) is 6.12. The van der Waals surface area contributed by atoms with E-state index in [-0.39, 0.29) is 24.2 Å². The molecule has 0 bridgehead atoms. The lowest BCUT2D eigenvalue weighted by molar-refractivity contribution is -0.131. The third kappa shape index (κ3) is 2.60. The molecule has 1 saturated carbocycles. The van der Waals surface area contributed by atoms with Crippen LogP contribution in [0.5, 0.6) is 0 Å². The highest BCUT2D eigenvalue weighted by molar-refractivity contribution is 7.89. The molecule has 1 amide bonds. The molecule has 0 unspecified atom stereocenters. The molecule has 2 aromatic rings. The molecule has 2 fully saturated rings. The second-order valence-corrected chi connectivity index (χ2v) is 9.78. The molecule has 2 aliphatic heterocycles. The molecule has 3 aliphatic rings. The number of rotatable bonds is 3. The number of fused-ring (bicyclic) bond motifs is 2. The summed E-state index contributed by atoms with van der Waals surface area (Å²) in [4.78, 5) is 14.8. The molecule has 28 heavy (non-hydrogen) atoms. The lowest BCUT2D eigenvalue weighted by Crippen LogP contribution is -2.46. The van der Waals surface area contributed by atoms with Crippen molar-refractivity contribution in [3.8, 4) is 0 Å². The largest absolute Gasteiger partial charge is 0.340 e. The number of likely N-dealkylation sites (tertiary alicyclic amines) is 1. The summed E-state index contributed by atoms with van der Waals surface area (Å²) in [6.45, 7) is 1.08. The molecular formula is C21H21FN2O3S. The number of halogens is 1. The summed E-state index contributed by atoms with van der Waals surface area (Å²) in [6.07, 6.45) is 2.43. The summed E-state index contributed by atoms with van der Waals surface area (Å²) < 4.78 is 41.6. The first-order chi connectivity index (χ1) is 13.4. The third-order valence-corrected chi connectivity index (χ3v) is 8.13. The van der Waals surface area contributed by atoms with Crippen LogP contribution in [-0.2, 0) is 26.9 Å². The van der Waals surface area contributed by atoms with Gasteiger partial charge in [0.05, 0.1) is 10.4 Å². The zero-order valence-corrected chi connectivity index (χ0v) is 16.2. The zero-order chi connectivity index (χ0) is 19.5. The predicted molar refractivity (Wildman–Crippen MR) is 101 cm³/mol. The Bertz CT molecular complexity index is 1050. The van der Waals surface area contributed by atoms with Gasteiger partial charge in [-0.15, -0.1) is 0 Å². The predicted octanol–water partition coefficient (Wildman–Crippen LogP) is 2.87. The topological polar surface area (TPSA) is 57.7 Å². The van der Waals surface area contributed by atoms with Crippen molar-refractivity contribution < 1.29 is 17.6 Å². The third-order valence-electron chi connectivity index (χ3n) is 6.16. The maximum Gasteiger partial charge on any atom is 0.244 e. The van der Waals surface area contributed by atoms with Crippen molar-refractivity contribution in [1.29, 1.82) is 0 Å². The van der Waals surface area contributed by atoms with Crippen molar-refractivity contribution >= 4 is 15.9 Å². The van der Waals surface area contributed by atoms with E-state index < -0.39 is 15.6 Å². The number of hydrogen-bond acceptors (Lipinski definition) is 3. The maximum absolute atomic E-state index is 13.4. The van der Waals surface area contributed by atoms with Crippen LogP contribution < -0.4 is 0 Å². The molecule has 146 valence electrons. The molecule has 5 rings (SSSR count). The first kappa shape index (κ1) is 17.8. The molecular weight excluding hydrogens is 379 g/mol. The zero-order valence-electron chi connectivity index (χ0n) is 15.3. The Kier molecular flexibility index (Phi) is 3.90. The van der Waals surface area contributed by atoms with E-state index in [2.05, 4.69) is 0 Å². The fraction of sp³-hybridized carbons (Fsp3) is 0.381. The van der Waals surface area contributed by atoms with Gasteiger partial charge >= 0.3 is 0 Å².